The van der Waals surface area contributed by atoms with Crippen LogP contribution in [0.4, 0.5) is 0 Å². The van der Waals surface area contributed by atoms with Crippen molar-refractivity contribution in [3.05, 3.63) is 34.9 Å². The van der Waals surface area contributed by atoms with Crippen LogP contribution in [0.1, 0.15) is 24.8 Å². The molecule has 1 unspecified atom stereocenters. The van der Waals surface area contributed by atoms with Crippen molar-refractivity contribution in [3.8, 4) is 0 Å². The van der Waals surface area contributed by atoms with Gasteiger partial charge in [-0.2, -0.15) is 0 Å². The van der Waals surface area contributed by atoms with Gasteiger partial charge in [0.25, 0.3) is 0 Å². The number of halogens is 2. The van der Waals surface area contributed by atoms with Gasteiger partial charge >= 0.3 is 0 Å². The Morgan fingerprint density at radius 2 is 1.96 bits per heavy atom. The van der Waals surface area contributed by atoms with Gasteiger partial charge in [-0.05, 0) is 37.0 Å². The number of carbonyl (C=O) groups excluding carboxylic acids is 1. The summed E-state index contributed by atoms with van der Waals surface area (Å²) < 4.78 is 5.78. The minimum absolute atomic E-state index is 0. The van der Waals surface area contributed by atoms with Gasteiger partial charge in [0.15, 0.2) is 5.96 Å². The van der Waals surface area contributed by atoms with Crippen LogP contribution in [0.2, 0.25) is 5.02 Å². The second-order valence-electron chi connectivity index (χ2n) is 6.78. The van der Waals surface area contributed by atoms with Crippen LogP contribution in [-0.2, 0) is 16.1 Å². The summed E-state index contributed by atoms with van der Waals surface area (Å²) >= 11 is 5.95. The zero-order valence-electron chi connectivity index (χ0n) is 16.3. The normalized spacial score (nSPS) is 17.0. The standard InChI is InChI=1S/C19H29ClN4O2.HI/c1-23(2)18(25)13-22-19(21-12-17-6-4-5-11-26-17)24(3)14-15-7-9-16(20)10-8-15;/h7-10,17H,4-6,11-14H2,1-3H3,(H,21,22);1H. The van der Waals surface area contributed by atoms with E-state index in [0.717, 1.165) is 30.0 Å². The zero-order chi connectivity index (χ0) is 18.9. The highest BCUT2D eigenvalue weighted by molar-refractivity contribution is 14.0. The van der Waals surface area contributed by atoms with Gasteiger partial charge in [0.2, 0.25) is 5.91 Å². The van der Waals surface area contributed by atoms with Crippen molar-refractivity contribution in [2.45, 2.75) is 31.9 Å². The molecule has 1 aromatic carbocycles. The maximum absolute atomic E-state index is 11.9. The molecule has 152 valence electrons. The molecule has 0 aliphatic carbocycles. The summed E-state index contributed by atoms with van der Waals surface area (Å²) in [6.45, 7) is 2.30. The number of amides is 1. The Bertz CT molecular complexity index is 604. The van der Waals surface area contributed by atoms with Gasteiger partial charge in [-0.15, -0.1) is 24.0 Å². The molecule has 0 saturated carbocycles. The lowest BCUT2D eigenvalue weighted by Crippen LogP contribution is -2.43. The number of rotatable bonds is 6. The lowest BCUT2D eigenvalue weighted by atomic mass is 10.1. The molecular weight excluding hydrogens is 479 g/mol. The van der Waals surface area contributed by atoms with Crippen molar-refractivity contribution in [2.75, 3.05) is 40.8 Å². The Balaban J connectivity index is 0.00000364. The van der Waals surface area contributed by atoms with Gasteiger partial charge in [0, 0.05) is 45.9 Å². The number of nitrogens with zero attached hydrogens (tertiary/aromatic N) is 3. The van der Waals surface area contributed by atoms with E-state index in [2.05, 4.69) is 10.3 Å². The summed E-state index contributed by atoms with van der Waals surface area (Å²) in [5.41, 5.74) is 1.12. The molecule has 1 amide bonds. The molecule has 0 aromatic heterocycles. The molecule has 6 nitrogen and oxygen atoms in total. The van der Waals surface area contributed by atoms with Crippen molar-refractivity contribution in [3.63, 3.8) is 0 Å². The van der Waals surface area contributed by atoms with Crippen molar-refractivity contribution in [1.29, 1.82) is 0 Å². The van der Waals surface area contributed by atoms with Gasteiger partial charge in [0.1, 0.15) is 6.54 Å². The highest BCUT2D eigenvalue weighted by atomic mass is 127. The molecule has 2 rings (SSSR count). The Labute approximate surface area is 184 Å². The van der Waals surface area contributed by atoms with E-state index >= 15 is 0 Å². The van der Waals surface area contributed by atoms with E-state index in [9.17, 15) is 4.79 Å². The van der Waals surface area contributed by atoms with E-state index in [-0.39, 0.29) is 42.5 Å². The lowest BCUT2D eigenvalue weighted by molar-refractivity contribution is -0.127. The number of benzene rings is 1. The van der Waals surface area contributed by atoms with Gasteiger partial charge in [-0.3, -0.25) is 4.79 Å². The first kappa shape index (κ1) is 24.0. The monoisotopic (exact) mass is 508 g/mol. The molecule has 1 fully saturated rings. The zero-order valence-corrected chi connectivity index (χ0v) is 19.4. The van der Waals surface area contributed by atoms with Crippen molar-refractivity contribution in [1.82, 2.24) is 15.1 Å². The van der Waals surface area contributed by atoms with Crippen LogP contribution in [0.5, 0.6) is 0 Å². The van der Waals surface area contributed by atoms with Gasteiger partial charge < -0.3 is 19.9 Å². The highest BCUT2D eigenvalue weighted by Gasteiger charge is 2.16. The molecule has 1 aliphatic heterocycles. The van der Waals surface area contributed by atoms with E-state index in [1.165, 1.54) is 6.42 Å². The Kier molecular flexibility index (Phi) is 11.0. The maximum atomic E-state index is 11.9. The summed E-state index contributed by atoms with van der Waals surface area (Å²) in [5, 5.41) is 4.09. The summed E-state index contributed by atoms with van der Waals surface area (Å²) in [6.07, 6.45) is 3.57. The smallest absolute Gasteiger partial charge is 0.243 e. The van der Waals surface area contributed by atoms with Crippen LogP contribution in [-0.4, -0.2) is 68.6 Å². The summed E-state index contributed by atoms with van der Waals surface area (Å²) in [5.74, 6) is 0.669. The van der Waals surface area contributed by atoms with Crippen LogP contribution in [0, 0.1) is 0 Å². The molecule has 1 saturated heterocycles. The quantitative estimate of drug-likeness (QED) is 0.365. The molecule has 1 N–H and O–H groups in total. The Hall–Kier alpha value is -1.06. The van der Waals surface area contributed by atoms with Gasteiger partial charge in [0.05, 0.1) is 6.10 Å². The van der Waals surface area contributed by atoms with Gasteiger partial charge in [-0.1, -0.05) is 23.7 Å². The number of likely N-dealkylation sites (N-methyl/N-ethyl adjacent to an activating group) is 1. The average Bonchev–Trinajstić information content (AvgIpc) is 2.64. The van der Waals surface area contributed by atoms with E-state index in [1.807, 2.05) is 36.2 Å². The highest BCUT2D eigenvalue weighted by Crippen LogP contribution is 2.13. The van der Waals surface area contributed by atoms with Crippen molar-refractivity contribution in [2.24, 2.45) is 4.99 Å². The van der Waals surface area contributed by atoms with Crippen LogP contribution in [0.3, 0.4) is 0 Å². The summed E-state index contributed by atoms with van der Waals surface area (Å²) in [7, 11) is 5.43. The second kappa shape index (κ2) is 12.4. The van der Waals surface area contributed by atoms with Crippen LogP contribution in [0.25, 0.3) is 0 Å². The first-order valence-corrected chi connectivity index (χ1v) is 9.39. The van der Waals surface area contributed by atoms with Crippen LogP contribution in [0.15, 0.2) is 29.3 Å². The van der Waals surface area contributed by atoms with E-state index in [0.29, 0.717) is 19.0 Å². The largest absolute Gasteiger partial charge is 0.376 e. The molecule has 1 atom stereocenters. The predicted octanol–water partition coefficient (Wildman–Crippen LogP) is 2.99. The first-order valence-electron chi connectivity index (χ1n) is 9.01. The number of aliphatic imine (C=N–C) groups is 1. The summed E-state index contributed by atoms with van der Waals surface area (Å²) in [6, 6.07) is 7.73. The van der Waals surface area contributed by atoms with Crippen molar-refractivity contribution >= 4 is 47.4 Å². The van der Waals surface area contributed by atoms with E-state index < -0.39 is 0 Å². The Morgan fingerprint density at radius 1 is 1.26 bits per heavy atom. The molecule has 0 spiro atoms. The van der Waals surface area contributed by atoms with E-state index in [4.69, 9.17) is 16.3 Å². The first-order chi connectivity index (χ1) is 12.5. The fourth-order valence-corrected chi connectivity index (χ4v) is 2.83. The van der Waals surface area contributed by atoms with E-state index in [1.54, 1.807) is 19.0 Å². The van der Waals surface area contributed by atoms with Crippen LogP contribution >= 0.6 is 35.6 Å². The molecule has 0 bridgehead atoms. The minimum Gasteiger partial charge on any atom is -0.376 e. The summed E-state index contributed by atoms with van der Waals surface area (Å²) in [4.78, 5) is 20.0. The second-order valence-corrected chi connectivity index (χ2v) is 7.22. The fourth-order valence-electron chi connectivity index (χ4n) is 2.71. The average molecular weight is 509 g/mol. The lowest BCUT2D eigenvalue weighted by Gasteiger charge is -2.27. The van der Waals surface area contributed by atoms with Crippen LogP contribution < -0.4 is 5.32 Å². The molecule has 8 heteroatoms. The number of nitrogens with one attached hydrogen (secondary N) is 1. The molecule has 1 aliphatic rings. The number of hydrogen-bond donors (Lipinski definition) is 1. The van der Waals surface area contributed by atoms with Crippen molar-refractivity contribution < 1.29 is 9.53 Å². The molecule has 1 aromatic rings. The molecule has 27 heavy (non-hydrogen) atoms. The number of ether oxygens (including phenoxy) is 1. The maximum Gasteiger partial charge on any atom is 0.243 e. The molecule has 1 heterocycles. The Morgan fingerprint density at radius 3 is 2.56 bits per heavy atom. The predicted molar refractivity (Wildman–Crippen MR) is 121 cm³/mol. The SMILES string of the molecule is CN(C)C(=O)CN=C(NCC1CCCCO1)N(C)Cc1ccc(Cl)cc1.I. The van der Waals surface area contributed by atoms with Gasteiger partial charge in [-0.25, -0.2) is 4.99 Å². The number of carbonyl (C=O) groups is 1. The molecular formula is C19H30ClIN4O2. The number of guanidine groups is 1. The molecule has 0 radical (unpaired) electrons. The fraction of sp³-hybridized carbons (Fsp3) is 0.579. The minimum atomic E-state index is -0.0295. The third-order valence-electron chi connectivity index (χ3n) is 4.32. The third-order valence-corrected chi connectivity index (χ3v) is 4.57. The topological polar surface area (TPSA) is 57.2 Å². The number of hydrogen-bond acceptors (Lipinski definition) is 3. The third kappa shape index (κ3) is 8.66.